The molecule has 166 valence electrons. The molecule has 0 bridgehead atoms. The van der Waals surface area contributed by atoms with Crippen LogP contribution in [0, 0.1) is 6.92 Å². The normalized spacial score (nSPS) is 16.0. The lowest BCUT2D eigenvalue weighted by atomic mass is 9.93. The van der Waals surface area contributed by atoms with Crippen molar-refractivity contribution in [3.8, 4) is 17.0 Å². The van der Waals surface area contributed by atoms with Gasteiger partial charge in [-0.3, -0.25) is 9.78 Å². The minimum atomic E-state index is -0.146. The molecule has 0 radical (unpaired) electrons. The van der Waals surface area contributed by atoms with Crippen molar-refractivity contribution in [2.45, 2.75) is 32.2 Å². The van der Waals surface area contributed by atoms with E-state index in [1.807, 2.05) is 61.4 Å². The molecule has 0 spiro atoms. The number of anilines is 1. The molecule has 1 amide bonds. The number of rotatable bonds is 6. The van der Waals surface area contributed by atoms with Crippen molar-refractivity contribution in [2.24, 2.45) is 0 Å². The molecule has 0 N–H and O–H groups in total. The van der Waals surface area contributed by atoms with E-state index < -0.39 is 0 Å². The zero-order chi connectivity index (χ0) is 22.5. The van der Waals surface area contributed by atoms with Crippen molar-refractivity contribution in [2.75, 3.05) is 32.1 Å². The fourth-order valence-electron chi connectivity index (χ4n) is 4.00. The highest BCUT2D eigenvalue weighted by Gasteiger charge is 2.32. The van der Waals surface area contributed by atoms with Crippen molar-refractivity contribution in [1.82, 2.24) is 24.8 Å². The zero-order valence-electron chi connectivity index (χ0n) is 18.7. The van der Waals surface area contributed by atoms with E-state index >= 15 is 0 Å². The number of amides is 1. The Morgan fingerprint density at radius 2 is 2.00 bits per heavy atom. The average Bonchev–Trinajstić information content (AvgIpc) is 2.83. The Bertz CT molecular complexity index is 1070. The second-order valence-corrected chi connectivity index (χ2v) is 8.11. The molecule has 8 heteroatoms. The van der Waals surface area contributed by atoms with Crippen LogP contribution in [0.4, 0.5) is 5.95 Å². The third-order valence-corrected chi connectivity index (χ3v) is 5.64. The third kappa shape index (κ3) is 4.69. The molecule has 1 atom stereocenters. The Morgan fingerprint density at radius 1 is 1.12 bits per heavy atom. The summed E-state index contributed by atoms with van der Waals surface area (Å²) in [5.74, 6) is 1.00. The number of carbonyl (C=O) groups excluding carboxylic acids is 1. The zero-order valence-corrected chi connectivity index (χ0v) is 18.7. The van der Waals surface area contributed by atoms with E-state index in [1.54, 1.807) is 18.5 Å². The van der Waals surface area contributed by atoms with E-state index in [0.717, 1.165) is 41.6 Å². The highest BCUT2D eigenvalue weighted by molar-refractivity contribution is 5.79. The molecule has 3 aromatic rings. The molecule has 4 rings (SSSR count). The van der Waals surface area contributed by atoms with Crippen LogP contribution in [0.5, 0.6) is 5.88 Å². The van der Waals surface area contributed by atoms with Gasteiger partial charge < -0.3 is 14.5 Å². The van der Waals surface area contributed by atoms with Crippen molar-refractivity contribution in [3.05, 3.63) is 60.3 Å². The van der Waals surface area contributed by atoms with Gasteiger partial charge in [0.05, 0.1) is 11.7 Å². The number of carbonyl (C=O) groups is 1. The predicted octanol–water partition coefficient (Wildman–Crippen LogP) is 3.44. The van der Waals surface area contributed by atoms with Gasteiger partial charge in [0.2, 0.25) is 11.8 Å². The first-order valence-electron chi connectivity index (χ1n) is 10.8. The Balaban J connectivity index is 1.68. The van der Waals surface area contributed by atoms with Gasteiger partial charge in [-0.1, -0.05) is 6.07 Å². The van der Waals surface area contributed by atoms with Crippen molar-refractivity contribution in [1.29, 1.82) is 0 Å². The Morgan fingerprint density at radius 3 is 2.75 bits per heavy atom. The first kappa shape index (κ1) is 21.7. The number of likely N-dealkylation sites (tertiary alicyclic amines) is 1. The molecule has 1 saturated heterocycles. The van der Waals surface area contributed by atoms with E-state index in [4.69, 9.17) is 9.72 Å². The Labute approximate surface area is 188 Å². The molecule has 3 aromatic heterocycles. The predicted molar refractivity (Wildman–Crippen MR) is 122 cm³/mol. The van der Waals surface area contributed by atoms with E-state index in [-0.39, 0.29) is 18.6 Å². The fourth-order valence-corrected chi connectivity index (χ4v) is 4.00. The summed E-state index contributed by atoms with van der Waals surface area (Å²) in [7, 11) is 3.84. The molecule has 1 aliphatic rings. The van der Waals surface area contributed by atoms with Gasteiger partial charge in [0.25, 0.3) is 5.91 Å². The van der Waals surface area contributed by atoms with Gasteiger partial charge in [0.1, 0.15) is 0 Å². The summed E-state index contributed by atoms with van der Waals surface area (Å²) in [5, 5.41) is 0. The van der Waals surface area contributed by atoms with E-state index in [0.29, 0.717) is 18.4 Å². The maximum atomic E-state index is 13.2. The largest absolute Gasteiger partial charge is 0.468 e. The van der Waals surface area contributed by atoms with Gasteiger partial charge in [-0.25, -0.2) is 15.0 Å². The van der Waals surface area contributed by atoms with Crippen LogP contribution in [0.25, 0.3) is 11.1 Å². The van der Waals surface area contributed by atoms with Gasteiger partial charge in [-0.05, 0) is 49.4 Å². The maximum absolute atomic E-state index is 13.2. The maximum Gasteiger partial charge on any atom is 0.261 e. The molecule has 32 heavy (non-hydrogen) atoms. The second kappa shape index (κ2) is 9.72. The van der Waals surface area contributed by atoms with Gasteiger partial charge in [0, 0.05) is 57.1 Å². The summed E-state index contributed by atoms with van der Waals surface area (Å²) in [5.41, 5.74) is 3.87. The lowest BCUT2D eigenvalue weighted by molar-refractivity contribution is -0.137. The summed E-state index contributed by atoms with van der Waals surface area (Å²) >= 11 is 0. The number of hydrogen-bond donors (Lipinski definition) is 0. The number of piperidine rings is 1. The van der Waals surface area contributed by atoms with Crippen LogP contribution < -0.4 is 9.64 Å². The number of pyridine rings is 2. The third-order valence-electron chi connectivity index (χ3n) is 5.64. The van der Waals surface area contributed by atoms with Crippen LogP contribution in [-0.2, 0) is 4.79 Å². The summed E-state index contributed by atoms with van der Waals surface area (Å²) in [6.07, 6.45) is 9.96. The molecular weight excluding hydrogens is 404 g/mol. The second-order valence-electron chi connectivity index (χ2n) is 8.11. The standard InChI is InChI=1S/C24H28N6O2/c1-17-14-25-12-10-18(17)19-15-27-24(29(2)3)28-23(19)20-8-5-7-13-30(20)22(31)16-32-21-9-4-6-11-26-21/h4,6,9-12,14-15,20H,5,7-8,13,16H2,1-3H3/t20-/m1/s1. The molecule has 8 nitrogen and oxygen atoms in total. The van der Waals surface area contributed by atoms with Gasteiger partial charge >= 0.3 is 0 Å². The van der Waals surface area contributed by atoms with Crippen LogP contribution >= 0.6 is 0 Å². The minimum Gasteiger partial charge on any atom is -0.468 e. The van der Waals surface area contributed by atoms with Crippen molar-refractivity contribution < 1.29 is 9.53 Å². The molecule has 4 heterocycles. The molecule has 0 unspecified atom stereocenters. The van der Waals surface area contributed by atoms with Gasteiger partial charge in [-0.2, -0.15) is 0 Å². The minimum absolute atomic E-state index is 0.0528. The van der Waals surface area contributed by atoms with Crippen LogP contribution in [0.15, 0.2) is 49.1 Å². The molecule has 0 aliphatic carbocycles. The Kier molecular flexibility index (Phi) is 6.58. The number of nitrogens with zero attached hydrogens (tertiary/aromatic N) is 6. The summed E-state index contributed by atoms with van der Waals surface area (Å²) in [6, 6.07) is 7.23. The van der Waals surface area contributed by atoms with E-state index in [2.05, 4.69) is 15.0 Å². The van der Waals surface area contributed by atoms with Crippen molar-refractivity contribution >= 4 is 11.9 Å². The topological polar surface area (TPSA) is 84.3 Å². The smallest absolute Gasteiger partial charge is 0.261 e. The van der Waals surface area contributed by atoms with E-state index in [1.165, 1.54) is 0 Å². The lowest BCUT2D eigenvalue weighted by Crippen LogP contribution is -2.41. The van der Waals surface area contributed by atoms with Crippen LogP contribution in [0.1, 0.15) is 36.6 Å². The number of hydrogen-bond acceptors (Lipinski definition) is 7. The van der Waals surface area contributed by atoms with Gasteiger partial charge in [-0.15, -0.1) is 0 Å². The summed E-state index contributed by atoms with van der Waals surface area (Å²) < 4.78 is 5.65. The molecule has 0 saturated carbocycles. The highest BCUT2D eigenvalue weighted by Crippen LogP contribution is 2.37. The highest BCUT2D eigenvalue weighted by atomic mass is 16.5. The monoisotopic (exact) mass is 432 g/mol. The fraction of sp³-hybridized carbons (Fsp3) is 0.375. The van der Waals surface area contributed by atoms with E-state index in [9.17, 15) is 4.79 Å². The lowest BCUT2D eigenvalue weighted by Gasteiger charge is -2.36. The SMILES string of the molecule is Cc1cnccc1-c1cnc(N(C)C)nc1[C@H]1CCCCN1C(=O)COc1ccccn1. The van der Waals surface area contributed by atoms with Crippen LogP contribution in [0.2, 0.25) is 0 Å². The number of aromatic nitrogens is 4. The number of ether oxygens (including phenoxy) is 1. The first-order chi connectivity index (χ1) is 15.5. The molecule has 1 aliphatic heterocycles. The average molecular weight is 433 g/mol. The number of aryl methyl sites for hydroxylation is 1. The van der Waals surface area contributed by atoms with Crippen LogP contribution in [0.3, 0.4) is 0 Å². The van der Waals surface area contributed by atoms with Crippen molar-refractivity contribution in [3.63, 3.8) is 0 Å². The van der Waals surface area contributed by atoms with Crippen LogP contribution in [-0.4, -0.2) is 58.0 Å². The molecule has 1 fully saturated rings. The first-order valence-corrected chi connectivity index (χ1v) is 10.8. The molecular formula is C24H28N6O2. The summed E-state index contributed by atoms with van der Waals surface area (Å²) in [6.45, 7) is 2.64. The summed E-state index contributed by atoms with van der Waals surface area (Å²) in [4.78, 5) is 34.8. The van der Waals surface area contributed by atoms with Gasteiger partial charge in [0.15, 0.2) is 6.61 Å². The Hall–Kier alpha value is -3.55. The quantitative estimate of drug-likeness (QED) is 0.590. The molecule has 0 aromatic carbocycles.